The molecule has 0 saturated heterocycles. The number of aromatic hydroxyl groups is 1. The van der Waals surface area contributed by atoms with Crippen molar-refractivity contribution < 1.29 is 19.4 Å². The topological polar surface area (TPSA) is 119 Å². The number of methoxy groups -OCH3 is 1. The maximum atomic E-state index is 12.8. The molecule has 0 unspecified atom stereocenters. The van der Waals surface area contributed by atoms with Gasteiger partial charge in [0.05, 0.1) is 19.2 Å². The van der Waals surface area contributed by atoms with E-state index in [0.29, 0.717) is 28.4 Å². The monoisotopic (exact) mass is 390 g/mol. The molecule has 2 heterocycles. The molecule has 146 valence electrons. The Balaban J connectivity index is 1.91. The number of aryl methyl sites for hydroxylation is 1. The van der Waals surface area contributed by atoms with Crippen LogP contribution in [0.3, 0.4) is 0 Å². The van der Waals surface area contributed by atoms with Crippen molar-refractivity contribution in [2.24, 2.45) is 5.73 Å². The van der Waals surface area contributed by atoms with Gasteiger partial charge in [-0.25, -0.2) is 9.97 Å². The van der Waals surface area contributed by atoms with Crippen LogP contribution in [0.5, 0.6) is 11.5 Å². The minimum absolute atomic E-state index is 0.0104. The van der Waals surface area contributed by atoms with Gasteiger partial charge >= 0.3 is 0 Å². The van der Waals surface area contributed by atoms with Gasteiger partial charge in [0, 0.05) is 11.1 Å². The molecule has 0 radical (unpaired) electrons. The molecule has 0 atom stereocenters. The number of ether oxygens (including phenoxy) is 1. The van der Waals surface area contributed by atoms with Crippen LogP contribution in [0, 0.1) is 6.92 Å². The van der Waals surface area contributed by atoms with E-state index in [9.17, 15) is 14.7 Å². The van der Waals surface area contributed by atoms with Crippen LogP contribution in [-0.2, 0) is 11.2 Å². The Kier molecular flexibility index (Phi) is 4.38. The van der Waals surface area contributed by atoms with Gasteiger partial charge < -0.3 is 15.6 Å². The highest BCUT2D eigenvalue weighted by atomic mass is 16.5. The van der Waals surface area contributed by atoms with Crippen LogP contribution in [-0.4, -0.2) is 34.0 Å². The summed E-state index contributed by atoms with van der Waals surface area (Å²) in [7, 11) is 1.44. The van der Waals surface area contributed by atoms with Gasteiger partial charge in [0.25, 0.3) is 5.91 Å². The minimum Gasteiger partial charge on any atom is -0.504 e. The second kappa shape index (κ2) is 6.90. The van der Waals surface area contributed by atoms with Crippen LogP contribution in [0.15, 0.2) is 42.5 Å². The van der Waals surface area contributed by atoms with Gasteiger partial charge in [-0.05, 0) is 42.8 Å². The zero-order valence-electron chi connectivity index (χ0n) is 15.8. The van der Waals surface area contributed by atoms with Gasteiger partial charge in [0.2, 0.25) is 5.91 Å². The Hall–Kier alpha value is -3.94. The van der Waals surface area contributed by atoms with Gasteiger partial charge in [-0.2, -0.15) is 0 Å². The number of carbonyl (C=O) groups is 2. The Morgan fingerprint density at radius 2 is 2.00 bits per heavy atom. The lowest BCUT2D eigenvalue weighted by Crippen LogP contribution is -2.21. The standard InChI is InChI=1S/C21H18N4O4/c1-11-4-3-5-13(8-11)25-17(27)10-14-18(19(22)28)23-20(24-21(14)25)12-6-7-16(29-2)15(26)9-12/h3-9,26H,10H2,1-2H3,(H2,22,28). The van der Waals surface area contributed by atoms with E-state index in [1.54, 1.807) is 18.2 Å². The number of aromatic nitrogens is 2. The summed E-state index contributed by atoms with van der Waals surface area (Å²) in [6.07, 6.45) is -0.0182. The Morgan fingerprint density at radius 1 is 1.21 bits per heavy atom. The van der Waals surface area contributed by atoms with Crippen molar-refractivity contribution in [2.45, 2.75) is 13.3 Å². The number of nitrogens with zero attached hydrogens (tertiary/aromatic N) is 3. The van der Waals surface area contributed by atoms with E-state index in [-0.39, 0.29) is 29.6 Å². The molecule has 3 aromatic rings. The fraction of sp³-hybridized carbons (Fsp3) is 0.143. The molecular formula is C21H18N4O4. The highest BCUT2D eigenvalue weighted by Gasteiger charge is 2.35. The molecule has 8 nitrogen and oxygen atoms in total. The van der Waals surface area contributed by atoms with Crippen LogP contribution in [0.25, 0.3) is 11.4 Å². The lowest BCUT2D eigenvalue weighted by molar-refractivity contribution is -0.116. The zero-order chi connectivity index (χ0) is 20.7. The number of anilines is 2. The summed E-state index contributed by atoms with van der Waals surface area (Å²) in [5.41, 5.74) is 8.00. The number of benzene rings is 2. The number of carbonyl (C=O) groups excluding carboxylic acids is 2. The first kappa shape index (κ1) is 18.4. The van der Waals surface area contributed by atoms with Crippen molar-refractivity contribution in [1.82, 2.24) is 9.97 Å². The molecule has 0 spiro atoms. The molecule has 0 fully saturated rings. The number of nitrogens with two attached hydrogens (primary N) is 1. The number of rotatable bonds is 4. The van der Waals surface area contributed by atoms with E-state index in [4.69, 9.17) is 10.5 Å². The largest absolute Gasteiger partial charge is 0.504 e. The summed E-state index contributed by atoms with van der Waals surface area (Å²) in [6, 6.07) is 12.1. The summed E-state index contributed by atoms with van der Waals surface area (Å²) in [5.74, 6) is -0.292. The van der Waals surface area contributed by atoms with E-state index in [1.807, 2.05) is 25.1 Å². The summed E-state index contributed by atoms with van der Waals surface area (Å²) in [6.45, 7) is 1.92. The molecule has 0 aliphatic carbocycles. The number of hydrogen-bond acceptors (Lipinski definition) is 6. The normalized spacial score (nSPS) is 12.8. The van der Waals surface area contributed by atoms with E-state index < -0.39 is 5.91 Å². The quantitative estimate of drug-likeness (QED) is 0.706. The molecule has 0 bridgehead atoms. The summed E-state index contributed by atoms with van der Waals surface area (Å²) >= 11 is 0. The van der Waals surface area contributed by atoms with Crippen molar-refractivity contribution in [2.75, 3.05) is 12.0 Å². The summed E-state index contributed by atoms with van der Waals surface area (Å²) < 4.78 is 5.05. The lowest BCUT2D eigenvalue weighted by Gasteiger charge is -2.18. The SMILES string of the molecule is COc1ccc(-c2nc(C(N)=O)c3c(n2)N(c2cccc(C)c2)C(=O)C3)cc1O. The Labute approximate surface area is 166 Å². The van der Waals surface area contributed by atoms with Crippen molar-refractivity contribution in [3.63, 3.8) is 0 Å². The van der Waals surface area contributed by atoms with E-state index in [0.717, 1.165) is 5.56 Å². The minimum atomic E-state index is -0.749. The van der Waals surface area contributed by atoms with Gasteiger partial charge in [0.15, 0.2) is 17.3 Å². The zero-order valence-corrected chi connectivity index (χ0v) is 15.8. The predicted octanol–water partition coefficient (Wildman–Crippen LogP) is 2.49. The van der Waals surface area contributed by atoms with Gasteiger partial charge in [-0.15, -0.1) is 0 Å². The first-order valence-electron chi connectivity index (χ1n) is 8.86. The van der Waals surface area contributed by atoms with Gasteiger partial charge in [0.1, 0.15) is 11.5 Å². The molecule has 29 heavy (non-hydrogen) atoms. The average molecular weight is 390 g/mol. The van der Waals surface area contributed by atoms with E-state index in [2.05, 4.69) is 9.97 Å². The fourth-order valence-electron chi connectivity index (χ4n) is 3.36. The Morgan fingerprint density at radius 3 is 2.66 bits per heavy atom. The second-order valence-electron chi connectivity index (χ2n) is 6.69. The molecule has 2 amide bonds. The number of phenolic OH excluding ortho intramolecular Hbond substituents is 1. The molecule has 1 aromatic heterocycles. The van der Waals surface area contributed by atoms with Crippen LogP contribution < -0.4 is 15.4 Å². The highest BCUT2D eigenvalue weighted by Crippen LogP contribution is 2.38. The van der Waals surface area contributed by atoms with Crippen molar-refractivity contribution in [1.29, 1.82) is 0 Å². The number of amides is 2. The first-order chi connectivity index (χ1) is 13.9. The summed E-state index contributed by atoms with van der Waals surface area (Å²) in [5, 5.41) is 10.1. The lowest BCUT2D eigenvalue weighted by atomic mass is 10.1. The van der Waals surface area contributed by atoms with Crippen LogP contribution >= 0.6 is 0 Å². The predicted molar refractivity (Wildman–Crippen MR) is 106 cm³/mol. The molecule has 1 aliphatic rings. The fourth-order valence-corrected chi connectivity index (χ4v) is 3.36. The Bertz CT molecular complexity index is 1160. The van der Waals surface area contributed by atoms with Crippen molar-refractivity contribution >= 4 is 23.3 Å². The van der Waals surface area contributed by atoms with E-state index >= 15 is 0 Å². The first-order valence-corrected chi connectivity index (χ1v) is 8.86. The number of primary amides is 1. The molecule has 4 rings (SSSR count). The summed E-state index contributed by atoms with van der Waals surface area (Å²) in [4.78, 5) is 35.1. The average Bonchev–Trinajstić information content (AvgIpc) is 3.02. The molecule has 0 saturated carbocycles. The maximum Gasteiger partial charge on any atom is 0.267 e. The number of phenols is 1. The third kappa shape index (κ3) is 3.14. The maximum absolute atomic E-state index is 12.8. The molecule has 1 aliphatic heterocycles. The molecule has 2 aromatic carbocycles. The van der Waals surface area contributed by atoms with E-state index in [1.165, 1.54) is 18.1 Å². The molecule has 8 heteroatoms. The van der Waals surface area contributed by atoms with Gasteiger partial charge in [-0.3, -0.25) is 14.5 Å². The van der Waals surface area contributed by atoms with Crippen molar-refractivity contribution in [3.8, 4) is 22.9 Å². The second-order valence-corrected chi connectivity index (χ2v) is 6.69. The smallest absolute Gasteiger partial charge is 0.267 e. The van der Waals surface area contributed by atoms with Crippen molar-refractivity contribution in [3.05, 3.63) is 59.3 Å². The highest BCUT2D eigenvalue weighted by molar-refractivity contribution is 6.09. The van der Waals surface area contributed by atoms with Crippen LogP contribution in [0.4, 0.5) is 11.5 Å². The van der Waals surface area contributed by atoms with Crippen LogP contribution in [0.2, 0.25) is 0 Å². The number of fused-ring (bicyclic) bond motifs is 1. The molecule has 3 N–H and O–H groups in total. The van der Waals surface area contributed by atoms with Crippen LogP contribution in [0.1, 0.15) is 21.6 Å². The molecular weight excluding hydrogens is 372 g/mol. The third-order valence-corrected chi connectivity index (χ3v) is 4.70. The number of hydrogen-bond donors (Lipinski definition) is 2. The third-order valence-electron chi connectivity index (χ3n) is 4.70. The van der Waals surface area contributed by atoms with Gasteiger partial charge in [-0.1, -0.05) is 12.1 Å².